The van der Waals surface area contributed by atoms with Crippen LogP contribution in [-0.2, 0) is 0 Å². The van der Waals surface area contributed by atoms with Gasteiger partial charge in [0.25, 0.3) is 11.5 Å². The number of para-hydroxylation sites is 1. The molecule has 0 spiro atoms. The number of hydrogen-bond acceptors (Lipinski definition) is 4. The van der Waals surface area contributed by atoms with Gasteiger partial charge in [0.05, 0.1) is 22.7 Å². The van der Waals surface area contributed by atoms with E-state index in [1.165, 1.54) is 6.20 Å². The van der Waals surface area contributed by atoms with Gasteiger partial charge in [-0.2, -0.15) is 5.10 Å². The van der Waals surface area contributed by atoms with Crippen LogP contribution in [0.1, 0.15) is 29.6 Å². The van der Waals surface area contributed by atoms with Crippen LogP contribution in [0, 0.1) is 0 Å². The van der Waals surface area contributed by atoms with Crippen molar-refractivity contribution in [3.8, 4) is 0 Å². The van der Waals surface area contributed by atoms with Crippen molar-refractivity contribution in [3.05, 3.63) is 46.4 Å². The molecule has 0 aliphatic heterocycles. The summed E-state index contributed by atoms with van der Waals surface area (Å²) in [6.45, 7) is 0.209. The standard InChI is InChI=1S/C16H16N4O3/c21-14(17-9-16(23)6-3-7-16)11-8-18-20-12-5-2-1-4-10(12)15(22)19-13(11)20/h1-2,4-5,8,23H,3,6-7,9H2,(H,17,21)(H,19,22). The molecule has 1 aromatic carbocycles. The largest absolute Gasteiger partial charge is 0.388 e. The first kappa shape index (κ1) is 14.0. The highest BCUT2D eigenvalue weighted by molar-refractivity contribution is 6.00. The maximum Gasteiger partial charge on any atom is 0.259 e. The molecule has 0 saturated heterocycles. The first-order valence-electron chi connectivity index (χ1n) is 7.57. The second-order valence-electron chi connectivity index (χ2n) is 6.05. The molecule has 118 valence electrons. The first-order valence-corrected chi connectivity index (χ1v) is 7.57. The zero-order valence-corrected chi connectivity index (χ0v) is 12.4. The van der Waals surface area contributed by atoms with Crippen LogP contribution >= 0.6 is 0 Å². The molecule has 0 radical (unpaired) electrons. The van der Waals surface area contributed by atoms with E-state index in [0.717, 1.165) is 6.42 Å². The van der Waals surface area contributed by atoms with Gasteiger partial charge in [-0.05, 0) is 31.4 Å². The fourth-order valence-electron chi connectivity index (χ4n) is 2.94. The number of nitrogens with zero attached hydrogens (tertiary/aromatic N) is 2. The van der Waals surface area contributed by atoms with Crippen LogP contribution in [0.25, 0.3) is 16.6 Å². The minimum absolute atomic E-state index is 0.209. The number of aromatic nitrogens is 3. The van der Waals surface area contributed by atoms with Crippen molar-refractivity contribution in [1.82, 2.24) is 19.9 Å². The fourth-order valence-corrected chi connectivity index (χ4v) is 2.94. The number of H-pyrrole nitrogens is 1. The Balaban J connectivity index is 1.73. The summed E-state index contributed by atoms with van der Waals surface area (Å²) < 4.78 is 1.55. The highest BCUT2D eigenvalue weighted by Gasteiger charge is 2.34. The van der Waals surface area contributed by atoms with Gasteiger partial charge >= 0.3 is 0 Å². The molecular weight excluding hydrogens is 296 g/mol. The Kier molecular flexibility index (Phi) is 2.99. The number of amides is 1. The van der Waals surface area contributed by atoms with Crippen LogP contribution in [0.2, 0.25) is 0 Å². The summed E-state index contributed by atoms with van der Waals surface area (Å²) in [5, 5.41) is 17.5. The van der Waals surface area contributed by atoms with Crippen molar-refractivity contribution >= 4 is 22.5 Å². The molecule has 1 saturated carbocycles. The van der Waals surface area contributed by atoms with Crippen LogP contribution in [0.4, 0.5) is 0 Å². The molecule has 7 heteroatoms. The van der Waals surface area contributed by atoms with Gasteiger partial charge in [0.2, 0.25) is 0 Å². The molecule has 2 heterocycles. The summed E-state index contributed by atoms with van der Waals surface area (Å²) in [5.74, 6) is -0.355. The number of rotatable bonds is 3. The predicted molar refractivity (Wildman–Crippen MR) is 84.5 cm³/mol. The SMILES string of the molecule is O=C(NCC1(O)CCC1)c1cnn2c1[nH]c(=O)c1ccccc12. The van der Waals surface area contributed by atoms with Gasteiger partial charge in [-0.25, -0.2) is 4.52 Å². The van der Waals surface area contributed by atoms with Crippen molar-refractivity contribution in [3.63, 3.8) is 0 Å². The van der Waals surface area contributed by atoms with E-state index in [1.807, 2.05) is 6.07 Å². The number of carbonyl (C=O) groups is 1. The summed E-state index contributed by atoms with van der Waals surface area (Å²) >= 11 is 0. The number of carbonyl (C=O) groups excluding carboxylic acids is 1. The number of fused-ring (bicyclic) bond motifs is 3. The van der Waals surface area contributed by atoms with Gasteiger partial charge < -0.3 is 15.4 Å². The van der Waals surface area contributed by atoms with Crippen molar-refractivity contribution in [2.24, 2.45) is 0 Å². The second kappa shape index (κ2) is 4.92. The number of benzene rings is 1. The number of nitrogens with one attached hydrogen (secondary N) is 2. The molecule has 0 unspecified atom stereocenters. The van der Waals surface area contributed by atoms with E-state index in [9.17, 15) is 14.7 Å². The Morgan fingerprint density at radius 3 is 2.91 bits per heavy atom. The third-order valence-electron chi connectivity index (χ3n) is 4.48. The Hall–Kier alpha value is -2.67. The fraction of sp³-hybridized carbons (Fsp3) is 0.312. The minimum Gasteiger partial charge on any atom is -0.388 e. The van der Waals surface area contributed by atoms with E-state index in [1.54, 1.807) is 22.7 Å². The maximum atomic E-state index is 12.4. The zero-order chi connectivity index (χ0) is 16.0. The number of aromatic amines is 1. The third-order valence-corrected chi connectivity index (χ3v) is 4.48. The lowest BCUT2D eigenvalue weighted by Gasteiger charge is -2.36. The molecule has 7 nitrogen and oxygen atoms in total. The van der Waals surface area contributed by atoms with Crippen LogP contribution < -0.4 is 10.9 Å². The minimum atomic E-state index is -0.793. The van der Waals surface area contributed by atoms with Gasteiger partial charge in [0.15, 0.2) is 0 Å². The highest BCUT2D eigenvalue weighted by Crippen LogP contribution is 2.30. The smallest absolute Gasteiger partial charge is 0.259 e. The molecule has 3 aromatic rings. The van der Waals surface area contributed by atoms with E-state index in [4.69, 9.17) is 0 Å². The average Bonchev–Trinajstić information content (AvgIpc) is 2.95. The van der Waals surface area contributed by atoms with E-state index < -0.39 is 5.60 Å². The topological polar surface area (TPSA) is 99.5 Å². The second-order valence-corrected chi connectivity index (χ2v) is 6.05. The van der Waals surface area contributed by atoms with Gasteiger partial charge in [0, 0.05) is 6.54 Å². The molecule has 1 aliphatic carbocycles. The Morgan fingerprint density at radius 2 is 2.17 bits per heavy atom. The number of hydrogen-bond donors (Lipinski definition) is 3. The lowest BCUT2D eigenvalue weighted by molar-refractivity contribution is -0.0300. The predicted octanol–water partition coefficient (Wildman–Crippen LogP) is 0.821. The molecule has 1 fully saturated rings. The van der Waals surface area contributed by atoms with Gasteiger partial charge in [0.1, 0.15) is 11.2 Å². The summed E-state index contributed by atoms with van der Waals surface area (Å²) in [4.78, 5) is 27.2. The molecule has 0 atom stereocenters. The van der Waals surface area contributed by atoms with Gasteiger partial charge in [-0.15, -0.1) is 0 Å². The Morgan fingerprint density at radius 1 is 1.39 bits per heavy atom. The molecule has 4 rings (SSSR count). The van der Waals surface area contributed by atoms with Gasteiger partial charge in [-0.1, -0.05) is 12.1 Å². The molecule has 0 bridgehead atoms. The highest BCUT2D eigenvalue weighted by atomic mass is 16.3. The Labute approximate surface area is 130 Å². The average molecular weight is 312 g/mol. The maximum absolute atomic E-state index is 12.4. The molecular formula is C16H16N4O3. The molecule has 2 aromatic heterocycles. The van der Waals surface area contributed by atoms with E-state index in [-0.39, 0.29) is 23.6 Å². The van der Waals surface area contributed by atoms with Gasteiger partial charge in [-0.3, -0.25) is 9.59 Å². The Bertz CT molecular complexity index is 968. The molecule has 3 N–H and O–H groups in total. The van der Waals surface area contributed by atoms with E-state index in [0.29, 0.717) is 29.4 Å². The summed E-state index contributed by atoms with van der Waals surface area (Å²) in [6.07, 6.45) is 3.80. The normalized spacial score (nSPS) is 16.4. The molecule has 1 aliphatic rings. The van der Waals surface area contributed by atoms with Crippen LogP contribution in [0.3, 0.4) is 0 Å². The lowest BCUT2D eigenvalue weighted by atomic mass is 9.80. The third kappa shape index (κ3) is 2.20. The van der Waals surface area contributed by atoms with Crippen LogP contribution in [-0.4, -0.2) is 37.8 Å². The van der Waals surface area contributed by atoms with Crippen molar-refractivity contribution in [2.45, 2.75) is 24.9 Å². The summed E-state index contributed by atoms with van der Waals surface area (Å²) in [5.41, 5.74) is 0.226. The van der Waals surface area contributed by atoms with E-state index >= 15 is 0 Å². The van der Waals surface area contributed by atoms with Crippen molar-refractivity contribution < 1.29 is 9.90 Å². The summed E-state index contributed by atoms with van der Waals surface area (Å²) in [6, 6.07) is 7.08. The molecule has 23 heavy (non-hydrogen) atoms. The zero-order valence-electron chi connectivity index (χ0n) is 12.4. The van der Waals surface area contributed by atoms with Crippen molar-refractivity contribution in [1.29, 1.82) is 0 Å². The van der Waals surface area contributed by atoms with Crippen LogP contribution in [0.15, 0.2) is 35.3 Å². The monoisotopic (exact) mass is 312 g/mol. The van der Waals surface area contributed by atoms with E-state index in [2.05, 4.69) is 15.4 Å². The molecule has 1 amide bonds. The quantitative estimate of drug-likeness (QED) is 0.666. The lowest BCUT2D eigenvalue weighted by Crippen LogP contribution is -2.47. The van der Waals surface area contributed by atoms with Crippen molar-refractivity contribution in [2.75, 3.05) is 6.54 Å². The van der Waals surface area contributed by atoms with Crippen LogP contribution in [0.5, 0.6) is 0 Å². The first-order chi connectivity index (χ1) is 11.1. The summed E-state index contributed by atoms with van der Waals surface area (Å²) in [7, 11) is 0. The number of aliphatic hydroxyl groups is 1.